The van der Waals surface area contributed by atoms with Gasteiger partial charge in [0.15, 0.2) is 0 Å². The lowest BCUT2D eigenvalue weighted by Crippen LogP contribution is -2.48. The van der Waals surface area contributed by atoms with Crippen LogP contribution in [-0.4, -0.2) is 37.1 Å². The van der Waals surface area contributed by atoms with Crippen molar-refractivity contribution in [2.75, 3.05) is 27.2 Å². The van der Waals surface area contributed by atoms with E-state index in [0.717, 1.165) is 19.0 Å². The highest BCUT2D eigenvalue weighted by Gasteiger charge is 2.32. The molecule has 0 saturated carbocycles. The van der Waals surface area contributed by atoms with E-state index in [1.165, 1.54) is 22.2 Å². The van der Waals surface area contributed by atoms with Crippen LogP contribution in [0.2, 0.25) is 0 Å². The molecule has 1 fully saturated rings. The second-order valence-corrected chi connectivity index (χ2v) is 5.54. The predicted octanol–water partition coefficient (Wildman–Crippen LogP) is 2.30. The van der Waals surface area contributed by atoms with Gasteiger partial charge >= 0.3 is 0 Å². The first-order chi connectivity index (χ1) is 8.68. The van der Waals surface area contributed by atoms with Gasteiger partial charge in [-0.1, -0.05) is 18.2 Å². The van der Waals surface area contributed by atoms with Gasteiger partial charge in [-0.05, 0) is 32.6 Å². The zero-order chi connectivity index (χ0) is 12.7. The SMILES string of the molecule is Cc1[nH]c2ccccc2c1C(C1CNC1)N(C)C. The summed E-state index contributed by atoms with van der Waals surface area (Å²) in [5, 5.41) is 4.76. The molecule has 0 amide bonds. The molecule has 0 spiro atoms. The molecule has 0 radical (unpaired) electrons. The zero-order valence-corrected chi connectivity index (χ0v) is 11.3. The molecule has 18 heavy (non-hydrogen) atoms. The number of aryl methyl sites for hydroxylation is 1. The quantitative estimate of drug-likeness (QED) is 0.866. The Bertz CT molecular complexity index is 552. The molecule has 2 aromatic rings. The minimum Gasteiger partial charge on any atom is -0.358 e. The Balaban J connectivity index is 2.13. The van der Waals surface area contributed by atoms with Crippen molar-refractivity contribution in [2.24, 2.45) is 5.92 Å². The van der Waals surface area contributed by atoms with Gasteiger partial charge in [0, 0.05) is 41.6 Å². The van der Waals surface area contributed by atoms with Crippen molar-refractivity contribution in [1.29, 1.82) is 0 Å². The van der Waals surface area contributed by atoms with E-state index in [4.69, 9.17) is 0 Å². The van der Waals surface area contributed by atoms with Crippen LogP contribution < -0.4 is 5.32 Å². The largest absolute Gasteiger partial charge is 0.358 e. The number of aromatic nitrogens is 1. The number of benzene rings is 1. The zero-order valence-electron chi connectivity index (χ0n) is 11.3. The Morgan fingerprint density at radius 3 is 2.56 bits per heavy atom. The molecule has 1 atom stereocenters. The lowest BCUT2D eigenvalue weighted by atomic mass is 9.86. The van der Waals surface area contributed by atoms with Crippen LogP contribution in [0.4, 0.5) is 0 Å². The summed E-state index contributed by atoms with van der Waals surface area (Å²) in [4.78, 5) is 5.87. The highest BCUT2D eigenvalue weighted by molar-refractivity contribution is 5.85. The van der Waals surface area contributed by atoms with Crippen LogP contribution >= 0.6 is 0 Å². The molecule has 2 heterocycles. The van der Waals surface area contributed by atoms with Crippen LogP contribution in [0.3, 0.4) is 0 Å². The summed E-state index contributed by atoms with van der Waals surface area (Å²) in [7, 11) is 4.37. The van der Waals surface area contributed by atoms with Gasteiger partial charge in [-0.25, -0.2) is 0 Å². The van der Waals surface area contributed by atoms with Gasteiger partial charge in [0.1, 0.15) is 0 Å². The van der Waals surface area contributed by atoms with E-state index in [2.05, 4.69) is 60.5 Å². The molecule has 1 aromatic heterocycles. The van der Waals surface area contributed by atoms with Crippen LogP contribution in [-0.2, 0) is 0 Å². The fourth-order valence-corrected chi connectivity index (χ4v) is 3.13. The number of hydrogen-bond donors (Lipinski definition) is 2. The van der Waals surface area contributed by atoms with Crippen molar-refractivity contribution in [3.05, 3.63) is 35.5 Å². The second kappa shape index (κ2) is 4.41. The highest BCUT2D eigenvalue weighted by Crippen LogP contribution is 2.36. The normalized spacial score (nSPS) is 18.2. The Morgan fingerprint density at radius 2 is 1.94 bits per heavy atom. The van der Waals surface area contributed by atoms with Gasteiger partial charge < -0.3 is 15.2 Å². The first kappa shape index (κ1) is 11.8. The lowest BCUT2D eigenvalue weighted by Gasteiger charge is -2.39. The number of rotatable bonds is 3. The summed E-state index contributed by atoms with van der Waals surface area (Å²) < 4.78 is 0. The van der Waals surface area contributed by atoms with Crippen LogP contribution in [0.1, 0.15) is 17.3 Å². The average Bonchev–Trinajstić information content (AvgIpc) is 2.59. The van der Waals surface area contributed by atoms with Gasteiger partial charge in [-0.2, -0.15) is 0 Å². The number of fused-ring (bicyclic) bond motifs is 1. The molecule has 0 bridgehead atoms. The van der Waals surface area contributed by atoms with Gasteiger partial charge in [-0.3, -0.25) is 0 Å². The summed E-state index contributed by atoms with van der Waals surface area (Å²) in [6.45, 7) is 4.45. The van der Waals surface area contributed by atoms with Crippen LogP contribution in [0.15, 0.2) is 24.3 Å². The predicted molar refractivity (Wildman–Crippen MR) is 75.8 cm³/mol. The second-order valence-electron chi connectivity index (χ2n) is 5.54. The average molecular weight is 243 g/mol. The Morgan fingerprint density at radius 1 is 1.22 bits per heavy atom. The van der Waals surface area contributed by atoms with Crippen LogP contribution in [0, 0.1) is 12.8 Å². The van der Waals surface area contributed by atoms with Crippen molar-refractivity contribution in [2.45, 2.75) is 13.0 Å². The molecule has 96 valence electrons. The minimum atomic E-state index is 0.502. The fourth-order valence-electron chi connectivity index (χ4n) is 3.13. The third-order valence-corrected chi connectivity index (χ3v) is 4.06. The van der Waals surface area contributed by atoms with Crippen LogP contribution in [0.25, 0.3) is 10.9 Å². The van der Waals surface area contributed by atoms with E-state index in [9.17, 15) is 0 Å². The Hall–Kier alpha value is -1.32. The number of H-pyrrole nitrogens is 1. The molecule has 0 aliphatic carbocycles. The standard InChI is InChI=1S/C15H21N3/c1-10-14(12-6-4-5-7-13(12)17-10)15(18(2)3)11-8-16-9-11/h4-7,11,15-17H,8-9H2,1-3H3. The molecule has 1 aromatic carbocycles. The van der Waals surface area contributed by atoms with Crippen molar-refractivity contribution < 1.29 is 0 Å². The number of hydrogen-bond acceptors (Lipinski definition) is 2. The summed E-state index contributed by atoms with van der Waals surface area (Å²) >= 11 is 0. The van der Waals surface area contributed by atoms with Crippen molar-refractivity contribution in [3.63, 3.8) is 0 Å². The Labute approximate surface area is 108 Å². The van der Waals surface area contributed by atoms with E-state index in [1.807, 2.05) is 0 Å². The number of nitrogens with zero attached hydrogens (tertiary/aromatic N) is 1. The van der Waals surface area contributed by atoms with E-state index < -0.39 is 0 Å². The smallest absolute Gasteiger partial charge is 0.0459 e. The third-order valence-electron chi connectivity index (χ3n) is 4.06. The maximum atomic E-state index is 3.52. The first-order valence-corrected chi connectivity index (χ1v) is 6.63. The third kappa shape index (κ3) is 1.74. The molecular weight excluding hydrogens is 222 g/mol. The van der Waals surface area contributed by atoms with Crippen molar-refractivity contribution >= 4 is 10.9 Å². The highest BCUT2D eigenvalue weighted by atomic mass is 15.1. The molecule has 1 aliphatic rings. The molecular formula is C15H21N3. The summed E-state index contributed by atoms with van der Waals surface area (Å²) in [5.74, 6) is 0.720. The van der Waals surface area contributed by atoms with E-state index in [0.29, 0.717) is 6.04 Å². The summed E-state index contributed by atoms with van der Waals surface area (Å²) in [6, 6.07) is 9.12. The fraction of sp³-hybridized carbons (Fsp3) is 0.467. The van der Waals surface area contributed by atoms with E-state index in [1.54, 1.807) is 0 Å². The molecule has 3 heteroatoms. The molecule has 3 rings (SSSR count). The van der Waals surface area contributed by atoms with Crippen molar-refractivity contribution in [1.82, 2.24) is 15.2 Å². The van der Waals surface area contributed by atoms with Gasteiger partial charge in [0.2, 0.25) is 0 Å². The molecule has 1 saturated heterocycles. The molecule has 2 N–H and O–H groups in total. The topological polar surface area (TPSA) is 31.1 Å². The van der Waals surface area contributed by atoms with Gasteiger partial charge in [0.25, 0.3) is 0 Å². The van der Waals surface area contributed by atoms with Gasteiger partial charge in [0.05, 0.1) is 0 Å². The number of nitrogens with one attached hydrogen (secondary N) is 2. The summed E-state index contributed by atoms with van der Waals surface area (Å²) in [6.07, 6.45) is 0. The monoisotopic (exact) mass is 243 g/mol. The minimum absolute atomic E-state index is 0.502. The number of para-hydroxylation sites is 1. The van der Waals surface area contributed by atoms with Crippen LogP contribution in [0.5, 0.6) is 0 Å². The Kier molecular flexibility index (Phi) is 2.88. The first-order valence-electron chi connectivity index (χ1n) is 6.63. The van der Waals surface area contributed by atoms with Crippen molar-refractivity contribution in [3.8, 4) is 0 Å². The number of aromatic amines is 1. The molecule has 1 unspecified atom stereocenters. The van der Waals surface area contributed by atoms with E-state index >= 15 is 0 Å². The van der Waals surface area contributed by atoms with E-state index in [-0.39, 0.29) is 0 Å². The van der Waals surface area contributed by atoms with Gasteiger partial charge in [-0.15, -0.1) is 0 Å². The summed E-state index contributed by atoms with van der Waals surface area (Å²) in [5.41, 5.74) is 4.04. The maximum absolute atomic E-state index is 3.52. The molecule has 1 aliphatic heterocycles. The maximum Gasteiger partial charge on any atom is 0.0459 e. The lowest BCUT2D eigenvalue weighted by molar-refractivity contribution is 0.161. The molecule has 3 nitrogen and oxygen atoms in total.